The lowest BCUT2D eigenvalue weighted by atomic mass is 10.3. The van der Waals surface area contributed by atoms with Gasteiger partial charge in [0.25, 0.3) is 10.0 Å². The molecular formula is C13H11ClFNO3S. The highest BCUT2D eigenvalue weighted by Crippen LogP contribution is 2.25. The highest BCUT2D eigenvalue weighted by molar-refractivity contribution is 7.92. The summed E-state index contributed by atoms with van der Waals surface area (Å²) in [6, 6.07) is 9.28. The average molecular weight is 316 g/mol. The Bertz CT molecular complexity index is 717. The van der Waals surface area contributed by atoms with Crippen LogP contribution in [0.2, 0.25) is 5.02 Å². The fourth-order valence-corrected chi connectivity index (χ4v) is 2.88. The van der Waals surface area contributed by atoms with Gasteiger partial charge in [0.1, 0.15) is 11.6 Å². The summed E-state index contributed by atoms with van der Waals surface area (Å²) in [6.07, 6.45) is 0. The van der Waals surface area contributed by atoms with E-state index in [2.05, 4.69) is 4.72 Å². The minimum atomic E-state index is -3.79. The normalized spacial score (nSPS) is 11.2. The Hall–Kier alpha value is -1.79. The van der Waals surface area contributed by atoms with E-state index in [9.17, 15) is 12.8 Å². The van der Waals surface area contributed by atoms with Gasteiger partial charge in [-0.05, 0) is 42.5 Å². The molecule has 2 rings (SSSR count). The van der Waals surface area contributed by atoms with E-state index in [1.807, 2.05) is 0 Å². The van der Waals surface area contributed by atoms with Crippen molar-refractivity contribution in [1.82, 2.24) is 0 Å². The second-order valence-electron chi connectivity index (χ2n) is 3.91. The van der Waals surface area contributed by atoms with Crippen molar-refractivity contribution in [3.8, 4) is 5.75 Å². The van der Waals surface area contributed by atoms with Gasteiger partial charge in [0.2, 0.25) is 0 Å². The molecule has 0 bridgehead atoms. The van der Waals surface area contributed by atoms with E-state index in [-0.39, 0.29) is 15.6 Å². The number of nitrogens with one attached hydrogen (secondary N) is 1. The van der Waals surface area contributed by atoms with Crippen molar-refractivity contribution in [3.63, 3.8) is 0 Å². The van der Waals surface area contributed by atoms with E-state index in [1.54, 1.807) is 0 Å². The Kier molecular flexibility index (Phi) is 4.15. The van der Waals surface area contributed by atoms with Crippen LogP contribution >= 0.6 is 11.6 Å². The molecule has 0 amide bonds. The minimum Gasteiger partial charge on any atom is -0.497 e. The van der Waals surface area contributed by atoms with Gasteiger partial charge in [0, 0.05) is 0 Å². The van der Waals surface area contributed by atoms with Crippen LogP contribution in [0.3, 0.4) is 0 Å². The Morgan fingerprint density at radius 3 is 2.35 bits per heavy atom. The third-order valence-electron chi connectivity index (χ3n) is 2.55. The van der Waals surface area contributed by atoms with E-state index in [0.29, 0.717) is 5.75 Å². The first-order valence-corrected chi connectivity index (χ1v) is 7.40. The van der Waals surface area contributed by atoms with Crippen LogP contribution in [0.25, 0.3) is 0 Å². The summed E-state index contributed by atoms with van der Waals surface area (Å²) in [5.41, 5.74) is 0.115. The highest BCUT2D eigenvalue weighted by Gasteiger charge is 2.16. The number of hydrogen-bond donors (Lipinski definition) is 1. The van der Waals surface area contributed by atoms with Crippen LogP contribution in [0, 0.1) is 5.82 Å². The lowest BCUT2D eigenvalue weighted by Gasteiger charge is -2.10. The molecule has 0 unspecified atom stereocenters. The summed E-state index contributed by atoms with van der Waals surface area (Å²) in [4.78, 5) is 0.0543. The average Bonchev–Trinajstić information content (AvgIpc) is 2.42. The zero-order chi connectivity index (χ0) is 14.8. The first kappa shape index (κ1) is 14.6. The molecular weight excluding hydrogens is 305 g/mol. The first-order chi connectivity index (χ1) is 9.42. The summed E-state index contributed by atoms with van der Waals surface area (Å²) < 4.78 is 44.4. The zero-order valence-corrected chi connectivity index (χ0v) is 12.0. The van der Waals surface area contributed by atoms with Gasteiger partial charge in [-0.25, -0.2) is 12.8 Å². The Labute approximate surface area is 121 Å². The number of methoxy groups -OCH3 is 1. The van der Waals surface area contributed by atoms with Crippen molar-refractivity contribution in [2.24, 2.45) is 0 Å². The van der Waals surface area contributed by atoms with Crippen molar-refractivity contribution in [3.05, 3.63) is 53.3 Å². The molecule has 0 aromatic heterocycles. The molecule has 0 aliphatic heterocycles. The summed E-state index contributed by atoms with van der Waals surface area (Å²) in [5, 5.41) is -0.0120. The molecule has 106 valence electrons. The Balaban J connectivity index is 2.30. The monoisotopic (exact) mass is 315 g/mol. The summed E-state index contributed by atoms with van der Waals surface area (Å²) >= 11 is 5.78. The third-order valence-corrected chi connectivity index (χ3v) is 4.24. The fourth-order valence-electron chi connectivity index (χ4n) is 1.53. The van der Waals surface area contributed by atoms with Gasteiger partial charge in [0.15, 0.2) is 0 Å². The van der Waals surface area contributed by atoms with Gasteiger partial charge in [-0.2, -0.15) is 0 Å². The summed E-state index contributed by atoms with van der Waals surface area (Å²) in [6.45, 7) is 0. The molecule has 0 fully saturated rings. The maximum Gasteiger partial charge on any atom is 0.261 e. The standard InChI is InChI=1S/C13H11ClFNO3S/c1-19-10-3-5-11(6-4-10)20(17,18)16-13-7-2-9(15)8-12(13)14/h2-8,16H,1H3. The van der Waals surface area contributed by atoms with Crippen molar-refractivity contribution >= 4 is 27.3 Å². The van der Waals surface area contributed by atoms with Gasteiger partial charge in [-0.15, -0.1) is 0 Å². The number of rotatable bonds is 4. The second kappa shape index (κ2) is 5.68. The molecule has 1 N–H and O–H groups in total. The number of ether oxygens (including phenoxy) is 1. The molecule has 2 aromatic carbocycles. The second-order valence-corrected chi connectivity index (χ2v) is 5.99. The van der Waals surface area contributed by atoms with Crippen LogP contribution in [0.1, 0.15) is 0 Å². The Morgan fingerprint density at radius 2 is 1.80 bits per heavy atom. The van der Waals surface area contributed by atoms with E-state index < -0.39 is 15.8 Å². The molecule has 0 atom stereocenters. The third kappa shape index (κ3) is 3.20. The maximum absolute atomic E-state index is 12.9. The van der Waals surface area contributed by atoms with Crippen molar-refractivity contribution in [1.29, 1.82) is 0 Å². The molecule has 4 nitrogen and oxygen atoms in total. The summed E-state index contributed by atoms with van der Waals surface area (Å²) in [7, 11) is -2.30. The van der Waals surface area contributed by atoms with Gasteiger partial charge in [-0.3, -0.25) is 4.72 Å². The molecule has 0 saturated heterocycles. The first-order valence-electron chi connectivity index (χ1n) is 5.54. The quantitative estimate of drug-likeness (QED) is 0.942. The van der Waals surface area contributed by atoms with Gasteiger partial charge >= 0.3 is 0 Å². The van der Waals surface area contributed by atoms with Crippen LogP contribution < -0.4 is 9.46 Å². The van der Waals surface area contributed by atoms with Crippen LogP contribution in [-0.2, 0) is 10.0 Å². The molecule has 7 heteroatoms. The zero-order valence-electron chi connectivity index (χ0n) is 10.4. The molecule has 0 saturated carbocycles. The molecule has 2 aromatic rings. The van der Waals surface area contributed by atoms with Crippen LogP contribution in [-0.4, -0.2) is 15.5 Å². The van der Waals surface area contributed by atoms with Crippen LogP contribution in [0.15, 0.2) is 47.4 Å². The van der Waals surface area contributed by atoms with E-state index in [1.165, 1.54) is 37.4 Å². The fraction of sp³-hybridized carbons (Fsp3) is 0.0769. The smallest absolute Gasteiger partial charge is 0.261 e. The lowest BCUT2D eigenvalue weighted by molar-refractivity contribution is 0.414. The molecule has 0 radical (unpaired) electrons. The maximum atomic E-state index is 12.9. The van der Waals surface area contributed by atoms with Gasteiger partial charge in [-0.1, -0.05) is 11.6 Å². The number of halogens is 2. The highest BCUT2D eigenvalue weighted by atomic mass is 35.5. The lowest BCUT2D eigenvalue weighted by Crippen LogP contribution is -2.13. The molecule has 0 spiro atoms. The molecule has 0 heterocycles. The number of anilines is 1. The van der Waals surface area contributed by atoms with Crippen molar-refractivity contribution in [2.75, 3.05) is 11.8 Å². The van der Waals surface area contributed by atoms with E-state index >= 15 is 0 Å². The van der Waals surface area contributed by atoms with Crippen molar-refractivity contribution in [2.45, 2.75) is 4.90 Å². The largest absolute Gasteiger partial charge is 0.497 e. The topological polar surface area (TPSA) is 55.4 Å². The summed E-state index contributed by atoms with van der Waals surface area (Å²) in [5.74, 6) is 0.00570. The van der Waals surface area contributed by atoms with Crippen molar-refractivity contribution < 1.29 is 17.5 Å². The van der Waals surface area contributed by atoms with E-state index in [0.717, 1.165) is 12.1 Å². The van der Waals surface area contributed by atoms with Crippen LogP contribution in [0.4, 0.5) is 10.1 Å². The molecule has 20 heavy (non-hydrogen) atoms. The number of hydrogen-bond acceptors (Lipinski definition) is 3. The molecule has 0 aliphatic carbocycles. The SMILES string of the molecule is COc1ccc(S(=O)(=O)Nc2ccc(F)cc2Cl)cc1. The minimum absolute atomic E-state index is 0.0120. The number of sulfonamides is 1. The predicted molar refractivity (Wildman–Crippen MR) is 75.2 cm³/mol. The van der Waals surface area contributed by atoms with E-state index in [4.69, 9.17) is 16.3 Å². The predicted octanol–water partition coefficient (Wildman–Crippen LogP) is 3.29. The van der Waals surface area contributed by atoms with Crippen LogP contribution in [0.5, 0.6) is 5.75 Å². The van der Waals surface area contributed by atoms with Gasteiger partial charge in [0.05, 0.1) is 22.7 Å². The Morgan fingerprint density at radius 1 is 1.15 bits per heavy atom. The molecule has 0 aliphatic rings. The van der Waals surface area contributed by atoms with Gasteiger partial charge < -0.3 is 4.74 Å². The number of benzene rings is 2.